The molecule has 4 aliphatic rings. The van der Waals surface area contributed by atoms with Crippen LogP contribution in [0, 0.1) is 35.0 Å². The van der Waals surface area contributed by atoms with E-state index in [9.17, 15) is 15.0 Å². The Morgan fingerprint density at radius 1 is 0.952 bits per heavy atom. The van der Waals surface area contributed by atoms with Crippen LogP contribution in [-0.2, 0) is 4.79 Å². The van der Waals surface area contributed by atoms with Gasteiger partial charge in [0.05, 0.1) is 6.10 Å². The molecule has 1 unspecified atom stereocenters. The van der Waals surface area contributed by atoms with Crippen LogP contribution in [-0.4, -0.2) is 28.2 Å². The van der Waals surface area contributed by atoms with Gasteiger partial charge in [-0.25, -0.2) is 0 Å². The Bertz CT molecular complexity index is 448. The summed E-state index contributed by atoms with van der Waals surface area (Å²) in [5.74, 6) is 3.39. The zero-order valence-electron chi connectivity index (χ0n) is 13.0. The van der Waals surface area contributed by atoms with E-state index in [1.807, 2.05) is 0 Å². The highest BCUT2D eigenvalue weighted by Gasteiger charge is 2.59. The topological polar surface area (TPSA) is 57.5 Å². The average molecular weight is 292 g/mol. The number of carbonyl (C=O) groups excluding carboxylic acids is 1. The SMILES string of the molecule is C[C@]12CC[C@@H]3C4CC[C@@H](O)C[C@@H]4CC[C@H]3[C@@H]1C[C@H](O)C2=O. The minimum Gasteiger partial charge on any atom is -0.393 e. The van der Waals surface area contributed by atoms with Gasteiger partial charge in [-0.1, -0.05) is 6.92 Å². The van der Waals surface area contributed by atoms with Gasteiger partial charge < -0.3 is 10.2 Å². The summed E-state index contributed by atoms with van der Waals surface area (Å²) in [5.41, 5.74) is -0.248. The molecule has 3 nitrogen and oxygen atoms in total. The van der Waals surface area contributed by atoms with Crippen LogP contribution >= 0.6 is 0 Å². The highest BCUT2D eigenvalue weighted by Crippen LogP contribution is 2.61. The molecule has 3 heteroatoms. The first-order valence-corrected chi connectivity index (χ1v) is 8.91. The molecule has 21 heavy (non-hydrogen) atoms. The first kappa shape index (κ1) is 14.2. The number of aliphatic hydroxyl groups excluding tert-OH is 2. The Hall–Kier alpha value is -0.410. The molecule has 0 aliphatic heterocycles. The minimum absolute atomic E-state index is 0.0773. The molecule has 0 aromatic heterocycles. The van der Waals surface area contributed by atoms with Gasteiger partial charge in [0.25, 0.3) is 0 Å². The van der Waals surface area contributed by atoms with Crippen LogP contribution in [0.1, 0.15) is 58.3 Å². The molecule has 4 fully saturated rings. The largest absolute Gasteiger partial charge is 0.393 e. The molecule has 4 saturated carbocycles. The van der Waals surface area contributed by atoms with Gasteiger partial charge in [0.15, 0.2) is 5.78 Å². The summed E-state index contributed by atoms with van der Waals surface area (Å²) in [6.07, 6.45) is 7.62. The zero-order chi connectivity index (χ0) is 14.8. The zero-order valence-corrected chi connectivity index (χ0v) is 13.0. The molecular weight excluding hydrogens is 264 g/mol. The van der Waals surface area contributed by atoms with Crippen molar-refractivity contribution in [2.75, 3.05) is 0 Å². The van der Waals surface area contributed by atoms with E-state index >= 15 is 0 Å². The molecule has 4 aliphatic carbocycles. The smallest absolute Gasteiger partial charge is 0.167 e. The molecule has 118 valence electrons. The monoisotopic (exact) mass is 292 g/mol. The minimum atomic E-state index is -0.704. The third kappa shape index (κ3) is 1.96. The van der Waals surface area contributed by atoms with E-state index in [1.54, 1.807) is 0 Å². The maximum atomic E-state index is 12.4. The summed E-state index contributed by atoms with van der Waals surface area (Å²) < 4.78 is 0. The summed E-state index contributed by atoms with van der Waals surface area (Å²) in [6, 6.07) is 0. The number of carbonyl (C=O) groups is 1. The summed E-state index contributed by atoms with van der Waals surface area (Å²) in [5, 5.41) is 20.0. The molecule has 0 saturated heterocycles. The van der Waals surface area contributed by atoms with Crippen LogP contribution in [0.15, 0.2) is 0 Å². The second-order valence-electron chi connectivity index (χ2n) is 8.47. The number of hydrogen-bond acceptors (Lipinski definition) is 3. The van der Waals surface area contributed by atoms with Crippen LogP contribution in [0.4, 0.5) is 0 Å². The Kier molecular flexibility index (Phi) is 3.24. The predicted octanol–water partition coefficient (Wildman–Crippen LogP) is 2.54. The van der Waals surface area contributed by atoms with E-state index < -0.39 is 6.10 Å². The van der Waals surface area contributed by atoms with E-state index in [4.69, 9.17) is 0 Å². The van der Waals surface area contributed by atoms with Crippen LogP contribution in [0.2, 0.25) is 0 Å². The molecule has 0 bridgehead atoms. The lowest BCUT2D eigenvalue weighted by Crippen LogP contribution is -2.49. The van der Waals surface area contributed by atoms with E-state index in [1.165, 1.54) is 19.3 Å². The van der Waals surface area contributed by atoms with Crippen LogP contribution in [0.25, 0.3) is 0 Å². The Labute approximate surface area is 127 Å². The van der Waals surface area contributed by atoms with E-state index in [2.05, 4.69) is 6.92 Å². The van der Waals surface area contributed by atoms with Crippen LogP contribution < -0.4 is 0 Å². The number of rotatable bonds is 0. The van der Waals surface area contributed by atoms with E-state index in [0.717, 1.165) is 37.5 Å². The van der Waals surface area contributed by atoms with Crippen LogP contribution in [0.5, 0.6) is 0 Å². The molecule has 0 heterocycles. The standard InChI is InChI=1S/C18H28O3/c1-18-7-6-13-12-5-3-11(19)8-10(12)2-4-14(13)15(18)9-16(20)17(18)21/h10-16,19-20H,2-9H2,1H3/t10-,11+,12?,13+,14+,15-,16-,18-/m0/s1. The fraction of sp³-hybridized carbons (Fsp3) is 0.944. The molecule has 0 aromatic carbocycles. The Morgan fingerprint density at radius 3 is 2.52 bits per heavy atom. The van der Waals surface area contributed by atoms with Crippen molar-refractivity contribution < 1.29 is 15.0 Å². The van der Waals surface area contributed by atoms with Gasteiger partial charge in [-0.2, -0.15) is 0 Å². The quantitative estimate of drug-likeness (QED) is 0.721. The Balaban J connectivity index is 1.59. The molecule has 4 rings (SSSR count). The normalized spacial score (nSPS) is 56.5. The van der Waals surface area contributed by atoms with Gasteiger partial charge in [0.1, 0.15) is 6.10 Å². The second kappa shape index (κ2) is 4.79. The molecule has 0 spiro atoms. The highest BCUT2D eigenvalue weighted by molar-refractivity contribution is 5.91. The third-order valence-electron chi connectivity index (χ3n) is 7.66. The molecule has 8 atom stereocenters. The van der Waals surface area contributed by atoms with Crippen molar-refractivity contribution >= 4 is 5.78 Å². The summed E-state index contributed by atoms with van der Waals surface area (Å²) in [4.78, 5) is 12.4. The number of Topliss-reactive ketones (excluding diaryl/α,β-unsaturated/α-hetero) is 1. The lowest BCUT2D eigenvalue weighted by Gasteiger charge is -2.54. The van der Waals surface area contributed by atoms with Gasteiger partial charge in [-0.3, -0.25) is 4.79 Å². The van der Waals surface area contributed by atoms with Crippen molar-refractivity contribution in [3.63, 3.8) is 0 Å². The summed E-state index contributed by atoms with van der Waals surface area (Å²) >= 11 is 0. The van der Waals surface area contributed by atoms with Crippen molar-refractivity contribution in [3.05, 3.63) is 0 Å². The lowest BCUT2D eigenvalue weighted by molar-refractivity contribution is -0.137. The van der Waals surface area contributed by atoms with Crippen molar-refractivity contribution in [2.24, 2.45) is 35.0 Å². The number of ketones is 1. The number of hydrogen-bond donors (Lipinski definition) is 2. The van der Waals surface area contributed by atoms with Gasteiger partial charge in [-0.15, -0.1) is 0 Å². The van der Waals surface area contributed by atoms with Gasteiger partial charge in [0, 0.05) is 5.41 Å². The van der Waals surface area contributed by atoms with E-state index in [0.29, 0.717) is 24.2 Å². The molecule has 2 N–H and O–H groups in total. The first-order chi connectivity index (χ1) is 10.0. The predicted molar refractivity (Wildman–Crippen MR) is 79.5 cm³/mol. The average Bonchev–Trinajstić information content (AvgIpc) is 2.70. The van der Waals surface area contributed by atoms with E-state index in [-0.39, 0.29) is 17.3 Å². The fourth-order valence-corrected chi connectivity index (χ4v) is 6.62. The maximum Gasteiger partial charge on any atom is 0.167 e. The number of fused-ring (bicyclic) bond motifs is 5. The molecular formula is C18H28O3. The summed E-state index contributed by atoms with van der Waals surface area (Å²) in [6.45, 7) is 2.11. The highest BCUT2D eigenvalue weighted by atomic mass is 16.3. The van der Waals surface area contributed by atoms with Crippen LogP contribution in [0.3, 0.4) is 0 Å². The lowest BCUT2D eigenvalue weighted by atomic mass is 9.50. The van der Waals surface area contributed by atoms with Crippen molar-refractivity contribution in [1.29, 1.82) is 0 Å². The van der Waals surface area contributed by atoms with Crippen molar-refractivity contribution in [3.8, 4) is 0 Å². The third-order valence-corrected chi connectivity index (χ3v) is 7.66. The maximum absolute atomic E-state index is 12.4. The summed E-state index contributed by atoms with van der Waals surface area (Å²) in [7, 11) is 0. The van der Waals surface area contributed by atoms with Gasteiger partial charge in [0.2, 0.25) is 0 Å². The van der Waals surface area contributed by atoms with Crippen molar-refractivity contribution in [2.45, 2.75) is 70.5 Å². The molecule has 0 amide bonds. The van der Waals surface area contributed by atoms with Crippen molar-refractivity contribution in [1.82, 2.24) is 0 Å². The first-order valence-electron chi connectivity index (χ1n) is 8.91. The Morgan fingerprint density at radius 2 is 1.71 bits per heavy atom. The second-order valence-corrected chi connectivity index (χ2v) is 8.47. The van der Waals surface area contributed by atoms with Gasteiger partial charge >= 0.3 is 0 Å². The molecule has 0 aromatic rings. The van der Waals surface area contributed by atoms with Gasteiger partial charge in [-0.05, 0) is 81.0 Å². The fourth-order valence-electron chi connectivity index (χ4n) is 6.62. The number of aliphatic hydroxyl groups is 2. The molecule has 0 radical (unpaired) electrons.